The molecular formula is C12H19ClN4. The fourth-order valence-corrected chi connectivity index (χ4v) is 2.53. The van der Waals surface area contributed by atoms with Crippen LogP contribution in [0, 0.1) is 5.92 Å². The van der Waals surface area contributed by atoms with Gasteiger partial charge in [0.05, 0.1) is 0 Å². The molecule has 0 unspecified atom stereocenters. The molecule has 3 N–H and O–H groups in total. The molecule has 94 valence electrons. The summed E-state index contributed by atoms with van der Waals surface area (Å²) in [5.74, 6) is 1.56. The van der Waals surface area contributed by atoms with Gasteiger partial charge in [-0.2, -0.15) is 0 Å². The first-order valence-electron chi connectivity index (χ1n) is 6.23. The fourth-order valence-electron chi connectivity index (χ4n) is 2.40. The minimum Gasteiger partial charge on any atom is -0.393 e. The molecule has 17 heavy (non-hydrogen) atoms. The Kier molecular flexibility index (Phi) is 4.05. The van der Waals surface area contributed by atoms with Gasteiger partial charge in [-0.25, -0.2) is 9.97 Å². The standard InChI is InChI=1S/C12H19ClN4/c1-2-8-3-5-9(6-4-8)17-12-10(14)11(13)15-7-16-12/h7-9H,2-6,14H2,1H3,(H,15,16,17). The third kappa shape index (κ3) is 3.00. The molecule has 5 heteroatoms. The fraction of sp³-hybridized carbons (Fsp3) is 0.667. The third-order valence-corrected chi connectivity index (χ3v) is 3.90. The number of hydrogen-bond acceptors (Lipinski definition) is 4. The summed E-state index contributed by atoms with van der Waals surface area (Å²) < 4.78 is 0. The highest BCUT2D eigenvalue weighted by Gasteiger charge is 2.20. The molecule has 1 aromatic rings. The van der Waals surface area contributed by atoms with Gasteiger partial charge in [0.1, 0.15) is 12.0 Å². The van der Waals surface area contributed by atoms with Crippen LogP contribution >= 0.6 is 11.6 Å². The third-order valence-electron chi connectivity index (χ3n) is 3.60. The van der Waals surface area contributed by atoms with E-state index in [4.69, 9.17) is 17.3 Å². The summed E-state index contributed by atoms with van der Waals surface area (Å²) in [6.45, 7) is 2.26. The first kappa shape index (κ1) is 12.4. The summed E-state index contributed by atoms with van der Waals surface area (Å²) in [6.07, 6.45) is 7.66. The Morgan fingerprint density at radius 3 is 2.71 bits per heavy atom. The highest BCUT2D eigenvalue weighted by Crippen LogP contribution is 2.30. The van der Waals surface area contributed by atoms with Gasteiger partial charge in [-0.3, -0.25) is 0 Å². The van der Waals surface area contributed by atoms with E-state index in [1.165, 1.54) is 38.4 Å². The summed E-state index contributed by atoms with van der Waals surface area (Å²) in [7, 11) is 0. The van der Waals surface area contributed by atoms with Crippen molar-refractivity contribution < 1.29 is 0 Å². The van der Waals surface area contributed by atoms with Crippen molar-refractivity contribution in [3.05, 3.63) is 11.5 Å². The topological polar surface area (TPSA) is 63.8 Å². The average molecular weight is 255 g/mol. The van der Waals surface area contributed by atoms with Crippen LogP contribution in [0.3, 0.4) is 0 Å². The lowest BCUT2D eigenvalue weighted by molar-refractivity contribution is 0.330. The quantitative estimate of drug-likeness (QED) is 0.814. The molecule has 1 fully saturated rings. The Balaban J connectivity index is 1.95. The number of rotatable bonds is 3. The van der Waals surface area contributed by atoms with Crippen LogP contribution in [-0.2, 0) is 0 Å². The summed E-state index contributed by atoms with van der Waals surface area (Å²) in [5, 5.41) is 3.70. The molecule has 0 aromatic carbocycles. The Labute approximate surface area is 107 Å². The van der Waals surface area contributed by atoms with Gasteiger partial charge < -0.3 is 11.1 Å². The maximum absolute atomic E-state index is 5.86. The highest BCUT2D eigenvalue weighted by atomic mass is 35.5. The van der Waals surface area contributed by atoms with E-state index >= 15 is 0 Å². The molecule has 0 spiro atoms. The molecule has 1 saturated carbocycles. The Morgan fingerprint density at radius 2 is 2.06 bits per heavy atom. The van der Waals surface area contributed by atoms with Gasteiger partial charge in [-0.05, 0) is 31.6 Å². The first-order valence-corrected chi connectivity index (χ1v) is 6.61. The van der Waals surface area contributed by atoms with Crippen LogP contribution < -0.4 is 11.1 Å². The SMILES string of the molecule is CCC1CCC(Nc2ncnc(Cl)c2N)CC1. The van der Waals surface area contributed by atoms with Gasteiger partial charge in [0.2, 0.25) is 0 Å². The number of nitrogens with two attached hydrogens (primary N) is 1. The van der Waals surface area contributed by atoms with E-state index in [9.17, 15) is 0 Å². The Hall–Kier alpha value is -1.03. The first-order chi connectivity index (χ1) is 8.20. The summed E-state index contributed by atoms with van der Waals surface area (Å²) in [5.41, 5.74) is 6.28. The molecule has 1 heterocycles. The van der Waals surface area contributed by atoms with Crippen LogP contribution in [0.1, 0.15) is 39.0 Å². The molecule has 4 nitrogen and oxygen atoms in total. The number of halogens is 1. The van der Waals surface area contributed by atoms with Crippen LogP contribution in [0.4, 0.5) is 11.5 Å². The second-order valence-corrected chi connectivity index (χ2v) is 5.06. The van der Waals surface area contributed by atoms with Crippen molar-refractivity contribution in [3.8, 4) is 0 Å². The van der Waals surface area contributed by atoms with E-state index in [-0.39, 0.29) is 0 Å². The molecular weight excluding hydrogens is 236 g/mol. The van der Waals surface area contributed by atoms with Crippen molar-refractivity contribution in [2.45, 2.75) is 45.1 Å². The zero-order chi connectivity index (χ0) is 12.3. The average Bonchev–Trinajstić information content (AvgIpc) is 2.36. The zero-order valence-corrected chi connectivity index (χ0v) is 10.9. The van der Waals surface area contributed by atoms with E-state index in [0.29, 0.717) is 22.7 Å². The van der Waals surface area contributed by atoms with Crippen LogP contribution in [0.2, 0.25) is 5.15 Å². The minimum atomic E-state index is 0.324. The van der Waals surface area contributed by atoms with Gasteiger partial charge in [0.25, 0.3) is 0 Å². The molecule has 0 amide bonds. The largest absolute Gasteiger partial charge is 0.393 e. The van der Waals surface area contributed by atoms with Crippen molar-refractivity contribution >= 4 is 23.1 Å². The normalized spacial score (nSPS) is 24.6. The predicted octanol–water partition coefficient (Wildman–Crippen LogP) is 3.09. The number of aromatic nitrogens is 2. The molecule has 0 bridgehead atoms. The Bertz CT molecular complexity index is 375. The van der Waals surface area contributed by atoms with Gasteiger partial charge in [0, 0.05) is 6.04 Å². The molecule has 0 atom stereocenters. The lowest BCUT2D eigenvalue weighted by Gasteiger charge is -2.29. The number of nitrogen functional groups attached to an aromatic ring is 1. The number of nitrogens with zero attached hydrogens (tertiary/aromatic N) is 2. The molecule has 0 aliphatic heterocycles. The van der Waals surface area contributed by atoms with E-state index in [1.807, 2.05) is 0 Å². The molecule has 1 aliphatic carbocycles. The lowest BCUT2D eigenvalue weighted by Crippen LogP contribution is -2.26. The van der Waals surface area contributed by atoms with Crippen molar-refractivity contribution in [3.63, 3.8) is 0 Å². The summed E-state index contributed by atoms with van der Waals surface area (Å²) in [6, 6.07) is 0.464. The van der Waals surface area contributed by atoms with Gasteiger partial charge in [0.15, 0.2) is 11.0 Å². The maximum atomic E-state index is 5.86. The van der Waals surface area contributed by atoms with E-state index in [0.717, 1.165) is 5.92 Å². The number of anilines is 2. The summed E-state index contributed by atoms with van der Waals surface area (Å²) >= 11 is 5.86. The van der Waals surface area contributed by atoms with E-state index < -0.39 is 0 Å². The van der Waals surface area contributed by atoms with Crippen LogP contribution in [0.25, 0.3) is 0 Å². The van der Waals surface area contributed by atoms with Crippen LogP contribution in [0.5, 0.6) is 0 Å². The molecule has 2 rings (SSSR count). The van der Waals surface area contributed by atoms with Crippen LogP contribution in [0.15, 0.2) is 6.33 Å². The minimum absolute atomic E-state index is 0.324. The van der Waals surface area contributed by atoms with Gasteiger partial charge in [-0.1, -0.05) is 24.9 Å². The molecule has 1 aromatic heterocycles. The van der Waals surface area contributed by atoms with E-state index in [1.54, 1.807) is 0 Å². The van der Waals surface area contributed by atoms with Crippen molar-refractivity contribution in [2.75, 3.05) is 11.1 Å². The number of nitrogens with one attached hydrogen (secondary N) is 1. The molecule has 0 saturated heterocycles. The Morgan fingerprint density at radius 1 is 1.35 bits per heavy atom. The maximum Gasteiger partial charge on any atom is 0.157 e. The molecule has 0 radical (unpaired) electrons. The number of hydrogen-bond donors (Lipinski definition) is 2. The van der Waals surface area contributed by atoms with Crippen molar-refractivity contribution in [2.24, 2.45) is 5.92 Å². The highest BCUT2D eigenvalue weighted by molar-refractivity contribution is 6.32. The predicted molar refractivity (Wildman–Crippen MR) is 71.1 cm³/mol. The van der Waals surface area contributed by atoms with Gasteiger partial charge in [-0.15, -0.1) is 0 Å². The molecule has 1 aliphatic rings. The summed E-state index contributed by atoms with van der Waals surface area (Å²) in [4.78, 5) is 7.99. The van der Waals surface area contributed by atoms with Gasteiger partial charge >= 0.3 is 0 Å². The van der Waals surface area contributed by atoms with Crippen LogP contribution in [-0.4, -0.2) is 16.0 Å². The van der Waals surface area contributed by atoms with Crippen molar-refractivity contribution in [1.82, 2.24) is 9.97 Å². The second-order valence-electron chi connectivity index (χ2n) is 4.70. The zero-order valence-electron chi connectivity index (χ0n) is 10.1. The van der Waals surface area contributed by atoms with Crippen molar-refractivity contribution in [1.29, 1.82) is 0 Å². The monoisotopic (exact) mass is 254 g/mol. The smallest absolute Gasteiger partial charge is 0.157 e. The second kappa shape index (κ2) is 5.54. The lowest BCUT2D eigenvalue weighted by atomic mass is 9.84. The van der Waals surface area contributed by atoms with E-state index in [2.05, 4.69) is 22.2 Å².